The number of carbonyl (C=O) groups excluding carboxylic acids is 1. The third kappa shape index (κ3) is 5.64. The van der Waals surface area contributed by atoms with Crippen molar-refractivity contribution in [3.63, 3.8) is 0 Å². The van der Waals surface area contributed by atoms with Gasteiger partial charge in [0.15, 0.2) is 11.5 Å². The molecule has 10 nitrogen and oxygen atoms in total. The molecule has 0 saturated carbocycles. The van der Waals surface area contributed by atoms with Gasteiger partial charge in [0.25, 0.3) is 0 Å². The second-order valence-corrected chi connectivity index (χ2v) is 9.23. The molecule has 3 aromatic rings. The minimum atomic E-state index is -5.08. The molecule has 2 aliphatic heterocycles. The number of aliphatic carboxylic acids is 1. The maximum atomic E-state index is 14.4. The Hall–Kier alpha value is -3.94. The summed E-state index contributed by atoms with van der Waals surface area (Å²) in [6, 6.07) is 3.50. The highest BCUT2D eigenvalue weighted by Gasteiger charge is 2.38. The van der Waals surface area contributed by atoms with Crippen LogP contribution in [0.25, 0.3) is 5.65 Å². The first-order chi connectivity index (χ1) is 17.8. The van der Waals surface area contributed by atoms with E-state index in [0.29, 0.717) is 29.8 Å². The van der Waals surface area contributed by atoms with Gasteiger partial charge in [0.1, 0.15) is 5.82 Å². The standard InChI is InChI=1S/C22H26FN7O.C2HF3O2/c1-14-11-29-13-16(10-18(23)21(29)25-14)26-22(31)30-7-5-17-19(4-6-24-20(17)30)28-9-8-27(3)15(2)12-28;3-2(4,5)1(6)7/h4,6,10-11,13,15H,5,7-9,12H2,1-3H3,(H,26,31);(H,6,7)/t15-;/m1./s1. The minimum absolute atomic E-state index is 0.245. The summed E-state index contributed by atoms with van der Waals surface area (Å²) >= 11 is 0. The lowest BCUT2D eigenvalue weighted by Gasteiger charge is -2.39. The Bertz CT molecular complexity index is 1360. The molecule has 38 heavy (non-hydrogen) atoms. The van der Waals surface area contributed by atoms with Crippen molar-refractivity contribution in [2.75, 3.05) is 48.3 Å². The number of rotatable bonds is 2. The van der Waals surface area contributed by atoms with E-state index in [1.807, 2.05) is 6.07 Å². The maximum Gasteiger partial charge on any atom is 0.490 e. The van der Waals surface area contributed by atoms with E-state index in [2.05, 4.69) is 39.1 Å². The number of urea groups is 1. The Kier molecular flexibility index (Phi) is 7.44. The van der Waals surface area contributed by atoms with Gasteiger partial charge >= 0.3 is 18.2 Å². The molecule has 5 rings (SSSR count). The molecule has 14 heteroatoms. The van der Waals surface area contributed by atoms with Crippen LogP contribution in [0, 0.1) is 12.7 Å². The highest BCUT2D eigenvalue weighted by atomic mass is 19.4. The Morgan fingerprint density at radius 2 is 1.89 bits per heavy atom. The number of carbonyl (C=O) groups is 2. The molecular weight excluding hydrogens is 510 g/mol. The van der Waals surface area contributed by atoms with Crippen LogP contribution < -0.4 is 15.1 Å². The second kappa shape index (κ2) is 10.4. The highest BCUT2D eigenvalue weighted by molar-refractivity contribution is 6.03. The number of anilines is 3. The molecule has 2 aliphatic rings. The summed E-state index contributed by atoms with van der Waals surface area (Å²) < 4.78 is 47.7. The van der Waals surface area contributed by atoms with Gasteiger partial charge in [-0.2, -0.15) is 13.2 Å². The van der Waals surface area contributed by atoms with E-state index < -0.39 is 18.0 Å². The predicted molar refractivity (Wildman–Crippen MR) is 132 cm³/mol. The summed E-state index contributed by atoms with van der Waals surface area (Å²) in [5.74, 6) is -2.55. The van der Waals surface area contributed by atoms with Gasteiger partial charge in [0, 0.05) is 68.1 Å². The summed E-state index contributed by atoms with van der Waals surface area (Å²) in [6.45, 7) is 7.48. The number of hydrogen-bond donors (Lipinski definition) is 2. The summed E-state index contributed by atoms with van der Waals surface area (Å²) in [6.07, 6.45) is 0.830. The van der Waals surface area contributed by atoms with E-state index in [0.717, 1.165) is 37.3 Å². The largest absolute Gasteiger partial charge is 0.490 e. The van der Waals surface area contributed by atoms with Crippen LogP contribution in [0.15, 0.2) is 30.7 Å². The number of carboxylic acids is 1. The molecule has 0 aromatic carbocycles. The van der Waals surface area contributed by atoms with Gasteiger partial charge in [0.2, 0.25) is 0 Å². The zero-order valence-electron chi connectivity index (χ0n) is 21.0. The van der Waals surface area contributed by atoms with Crippen molar-refractivity contribution in [2.24, 2.45) is 0 Å². The molecule has 0 aliphatic carbocycles. The van der Waals surface area contributed by atoms with E-state index in [-0.39, 0.29) is 11.7 Å². The Balaban J connectivity index is 0.000000426. The van der Waals surface area contributed by atoms with Crippen molar-refractivity contribution in [2.45, 2.75) is 32.5 Å². The molecule has 2 amide bonds. The summed E-state index contributed by atoms with van der Waals surface area (Å²) in [7, 11) is 2.15. The van der Waals surface area contributed by atoms with Crippen molar-refractivity contribution < 1.29 is 32.3 Å². The number of nitrogens with zero attached hydrogens (tertiary/aromatic N) is 6. The smallest absolute Gasteiger partial charge is 0.475 e. The average Bonchev–Trinajstić information content (AvgIpc) is 3.44. The van der Waals surface area contributed by atoms with Crippen molar-refractivity contribution in [1.29, 1.82) is 0 Å². The number of piperazine rings is 1. The van der Waals surface area contributed by atoms with E-state index in [9.17, 15) is 22.4 Å². The molecule has 0 unspecified atom stereocenters. The number of pyridine rings is 2. The van der Waals surface area contributed by atoms with E-state index in [1.165, 1.54) is 6.07 Å². The Labute approximate surface area is 215 Å². The lowest BCUT2D eigenvalue weighted by atomic mass is 10.1. The van der Waals surface area contributed by atoms with Crippen LogP contribution in [0.4, 0.5) is 39.5 Å². The monoisotopic (exact) mass is 537 g/mol. The second-order valence-electron chi connectivity index (χ2n) is 9.23. The number of hydrogen-bond acceptors (Lipinski definition) is 6. The molecule has 1 atom stereocenters. The van der Waals surface area contributed by atoms with Crippen molar-refractivity contribution in [3.8, 4) is 0 Å². The average molecular weight is 538 g/mol. The maximum absolute atomic E-state index is 14.4. The van der Waals surface area contributed by atoms with E-state index >= 15 is 0 Å². The van der Waals surface area contributed by atoms with Crippen LogP contribution in [-0.4, -0.2) is 81.8 Å². The summed E-state index contributed by atoms with van der Waals surface area (Å²) in [5, 5.41) is 9.94. The lowest BCUT2D eigenvalue weighted by molar-refractivity contribution is -0.192. The zero-order chi connectivity index (χ0) is 27.8. The van der Waals surface area contributed by atoms with Crippen LogP contribution >= 0.6 is 0 Å². The fourth-order valence-corrected chi connectivity index (χ4v) is 4.47. The molecule has 1 saturated heterocycles. The zero-order valence-corrected chi connectivity index (χ0v) is 21.0. The SMILES string of the molecule is Cc1cn2cc(NC(=O)N3CCc4c(N5CCN(C)[C@H](C)C5)ccnc43)cc(F)c2n1.O=C(O)C(F)(F)F. The first kappa shape index (κ1) is 27.1. The van der Waals surface area contributed by atoms with Crippen molar-refractivity contribution in [1.82, 2.24) is 19.3 Å². The Morgan fingerprint density at radius 3 is 2.55 bits per heavy atom. The molecule has 3 aromatic heterocycles. The van der Waals surface area contributed by atoms with Gasteiger partial charge in [-0.3, -0.25) is 4.90 Å². The van der Waals surface area contributed by atoms with Crippen LogP contribution in [0.1, 0.15) is 18.2 Å². The van der Waals surface area contributed by atoms with Crippen LogP contribution in [0.5, 0.6) is 0 Å². The molecule has 0 spiro atoms. The minimum Gasteiger partial charge on any atom is -0.475 e. The summed E-state index contributed by atoms with van der Waals surface area (Å²) in [5.41, 5.74) is 3.59. The lowest BCUT2D eigenvalue weighted by Crippen LogP contribution is -2.50. The van der Waals surface area contributed by atoms with E-state index in [1.54, 1.807) is 34.8 Å². The third-order valence-electron chi connectivity index (χ3n) is 6.52. The summed E-state index contributed by atoms with van der Waals surface area (Å²) in [4.78, 5) is 37.0. The van der Waals surface area contributed by atoms with Crippen LogP contribution in [-0.2, 0) is 11.2 Å². The predicted octanol–water partition coefficient (Wildman–Crippen LogP) is 3.55. The van der Waals surface area contributed by atoms with Gasteiger partial charge < -0.3 is 24.6 Å². The number of alkyl halides is 3. The molecular formula is C24H27F4N7O3. The number of fused-ring (bicyclic) bond motifs is 2. The molecule has 204 valence electrons. The fraction of sp³-hybridized carbons (Fsp3) is 0.417. The number of imidazole rings is 1. The first-order valence-electron chi connectivity index (χ1n) is 11.8. The normalized spacial score (nSPS) is 17.7. The Morgan fingerprint density at radius 1 is 1.18 bits per heavy atom. The van der Waals surface area contributed by atoms with Gasteiger partial charge in [-0.1, -0.05) is 0 Å². The molecule has 2 N–H and O–H groups in total. The highest BCUT2D eigenvalue weighted by Crippen LogP contribution is 2.35. The first-order valence-corrected chi connectivity index (χ1v) is 11.8. The number of aromatic nitrogens is 3. The number of aryl methyl sites for hydroxylation is 1. The van der Waals surface area contributed by atoms with Gasteiger partial charge in [-0.15, -0.1) is 0 Å². The molecule has 0 radical (unpaired) electrons. The number of halogens is 4. The quantitative estimate of drug-likeness (QED) is 0.482. The van der Waals surface area contributed by atoms with Crippen molar-refractivity contribution >= 4 is 34.8 Å². The van der Waals surface area contributed by atoms with Crippen LogP contribution in [0.2, 0.25) is 0 Å². The topological polar surface area (TPSA) is 106 Å². The van der Waals surface area contributed by atoms with Crippen molar-refractivity contribution in [3.05, 3.63) is 47.8 Å². The van der Waals surface area contributed by atoms with Gasteiger partial charge in [-0.25, -0.2) is 23.9 Å². The molecule has 5 heterocycles. The van der Waals surface area contributed by atoms with Crippen LogP contribution in [0.3, 0.4) is 0 Å². The van der Waals surface area contributed by atoms with Gasteiger partial charge in [-0.05, 0) is 33.4 Å². The number of nitrogens with one attached hydrogen (secondary N) is 1. The number of likely N-dealkylation sites (N-methyl/N-ethyl adjacent to an activating group) is 1. The third-order valence-corrected chi connectivity index (χ3v) is 6.52. The number of carboxylic acid groups (broad SMARTS) is 1. The number of amides is 2. The molecule has 1 fully saturated rings. The fourth-order valence-electron chi connectivity index (χ4n) is 4.47. The van der Waals surface area contributed by atoms with E-state index in [4.69, 9.17) is 9.90 Å². The molecule has 0 bridgehead atoms. The van der Waals surface area contributed by atoms with Gasteiger partial charge in [0.05, 0.1) is 11.4 Å².